The molecule has 1 fully saturated rings. The molecule has 138 valence electrons. The average molecular weight is 360 g/mol. The molecule has 27 heavy (non-hydrogen) atoms. The molecular formula is C22H24N4O. The first-order valence-corrected chi connectivity index (χ1v) is 9.11. The summed E-state index contributed by atoms with van der Waals surface area (Å²) >= 11 is 0. The smallest absolute Gasteiger partial charge is 0.143 e. The standard InChI is InChI=1S/C22H24N4O/c1-17-12-26(16-23-17)21-9-8-19(11-22(21)27-2)10-20-14-25(15-24-20)13-18-6-4-3-5-7-18/h3-12,16,24H,13-15H2,1-2H3/b20-10-. The lowest BCUT2D eigenvalue weighted by Crippen LogP contribution is -2.21. The Balaban J connectivity index is 1.49. The number of nitrogens with one attached hydrogen (secondary N) is 1. The van der Waals surface area contributed by atoms with E-state index >= 15 is 0 Å². The molecule has 2 aromatic carbocycles. The maximum absolute atomic E-state index is 5.61. The molecule has 2 heterocycles. The minimum absolute atomic E-state index is 0.834. The Morgan fingerprint density at radius 3 is 2.78 bits per heavy atom. The van der Waals surface area contributed by atoms with E-state index in [4.69, 9.17) is 4.74 Å². The minimum Gasteiger partial charge on any atom is -0.495 e. The predicted octanol–water partition coefficient (Wildman–Crippen LogP) is 3.59. The fourth-order valence-corrected chi connectivity index (χ4v) is 3.37. The van der Waals surface area contributed by atoms with E-state index < -0.39 is 0 Å². The number of ether oxygens (including phenoxy) is 1. The molecule has 0 unspecified atom stereocenters. The molecule has 0 spiro atoms. The zero-order chi connectivity index (χ0) is 18.6. The lowest BCUT2D eigenvalue weighted by molar-refractivity contribution is 0.329. The molecule has 4 rings (SSSR count). The van der Waals surface area contributed by atoms with Crippen LogP contribution in [0.3, 0.4) is 0 Å². The summed E-state index contributed by atoms with van der Waals surface area (Å²) in [5.41, 5.74) is 5.65. The molecule has 0 amide bonds. The normalized spacial score (nSPS) is 15.9. The number of methoxy groups -OCH3 is 1. The van der Waals surface area contributed by atoms with Crippen molar-refractivity contribution in [3.8, 4) is 11.4 Å². The van der Waals surface area contributed by atoms with Gasteiger partial charge in [-0.25, -0.2) is 4.98 Å². The van der Waals surface area contributed by atoms with Crippen LogP contribution < -0.4 is 10.1 Å². The van der Waals surface area contributed by atoms with Crippen LogP contribution in [0.5, 0.6) is 5.75 Å². The predicted molar refractivity (Wildman–Crippen MR) is 108 cm³/mol. The molecule has 0 bridgehead atoms. The Bertz CT molecular complexity index is 946. The molecule has 0 aliphatic carbocycles. The SMILES string of the molecule is COc1cc(/C=C2/CN(Cc3ccccc3)CN2)ccc1-n1cnc(C)c1. The summed E-state index contributed by atoms with van der Waals surface area (Å²) in [4.78, 5) is 6.69. The zero-order valence-electron chi connectivity index (χ0n) is 15.7. The number of hydrogen-bond acceptors (Lipinski definition) is 4. The first-order chi connectivity index (χ1) is 13.2. The molecule has 3 aromatic rings. The van der Waals surface area contributed by atoms with Crippen LogP contribution in [-0.2, 0) is 6.54 Å². The van der Waals surface area contributed by atoms with Crippen molar-refractivity contribution in [3.63, 3.8) is 0 Å². The Morgan fingerprint density at radius 1 is 1.19 bits per heavy atom. The van der Waals surface area contributed by atoms with Gasteiger partial charge in [0.05, 0.1) is 31.5 Å². The summed E-state index contributed by atoms with van der Waals surface area (Å²) in [5, 5.41) is 3.49. The van der Waals surface area contributed by atoms with Gasteiger partial charge in [-0.05, 0) is 36.3 Å². The topological polar surface area (TPSA) is 42.3 Å². The van der Waals surface area contributed by atoms with Crippen LogP contribution >= 0.6 is 0 Å². The van der Waals surface area contributed by atoms with E-state index in [0.717, 1.165) is 42.5 Å². The molecule has 0 atom stereocenters. The van der Waals surface area contributed by atoms with Gasteiger partial charge < -0.3 is 14.6 Å². The van der Waals surface area contributed by atoms with Crippen molar-refractivity contribution in [1.29, 1.82) is 0 Å². The van der Waals surface area contributed by atoms with Gasteiger partial charge in [-0.15, -0.1) is 0 Å². The number of imidazole rings is 1. The summed E-state index contributed by atoms with van der Waals surface area (Å²) in [5.74, 6) is 0.834. The van der Waals surface area contributed by atoms with Gasteiger partial charge in [0.15, 0.2) is 0 Å². The van der Waals surface area contributed by atoms with Gasteiger partial charge in [-0.1, -0.05) is 36.4 Å². The highest BCUT2D eigenvalue weighted by Crippen LogP contribution is 2.26. The first-order valence-electron chi connectivity index (χ1n) is 9.11. The second-order valence-corrected chi connectivity index (χ2v) is 6.83. The van der Waals surface area contributed by atoms with E-state index in [1.807, 2.05) is 24.0 Å². The van der Waals surface area contributed by atoms with Crippen LogP contribution in [0.15, 0.2) is 66.8 Å². The number of nitrogens with zero attached hydrogens (tertiary/aromatic N) is 3. The lowest BCUT2D eigenvalue weighted by Gasteiger charge is -2.12. The Labute approximate surface area is 159 Å². The van der Waals surface area contributed by atoms with Gasteiger partial charge >= 0.3 is 0 Å². The summed E-state index contributed by atoms with van der Waals surface area (Å²) in [6, 6.07) is 16.8. The molecule has 5 heteroatoms. The highest BCUT2D eigenvalue weighted by Gasteiger charge is 2.16. The number of hydrogen-bond donors (Lipinski definition) is 1. The van der Waals surface area contributed by atoms with Crippen LogP contribution in [0, 0.1) is 6.92 Å². The molecule has 5 nitrogen and oxygen atoms in total. The minimum atomic E-state index is 0.834. The van der Waals surface area contributed by atoms with E-state index in [2.05, 4.69) is 69.8 Å². The molecule has 1 saturated heterocycles. The van der Waals surface area contributed by atoms with Gasteiger partial charge in [-0.3, -0.25) is 4.90 Å². The monoisotopic (exact) mass is 360 g/mol. The van der Waals surface area contributed by atoms with Gasteiger partial charge in [0.1, 0.15) is 5.75 Å². The van der Waals surface area contributed by atoms with E-state index in [0.29, 0.717) is 0 Å². The van der Waals surface area contributed by atoms with E-state index in [1.165, 1.54) is 11.3 Å². The third-order valence-corrected chi connectivity index (χ3v) is 4.71. The Hall–Kier alpha value is -3.05. The fraction of sp³-hybridized carbons (Fsp3) is 0.227. The van der Waals surface area contributed by atoms with Crippen molar-refractivity contribution in [1.82, 2.24) is 19.8 Å². The Kier molecular flexibility index (Phi) is 4.94. The van der Waals surface area contributed by atoms with Crippen LogP contribution in [0.2, 0.25) is 0 Å². The second-order valence-electron chi connectivity index (χ2n) is 6.83. The van der Waals surface area contributed by atoms with Gasteiger partial charge in [-0.2, -0.15) is 0 Å². The van der Waals surface area contributed by atoms with Crippen molar-refractivity contribution in [2.45, 2.75) is 13.5 Å². The third-order valence-electron chi connectivity index (χ3n) is 4.71. The van der Waals surface area contributed by atoms with E-state index in [1.54, 1.807) is 7.11 Å². The van der Waals surface area contributed by atoms with E-state index in [-0.39, 0.29) is 0 Å². The first kappa shape index (κ1) is 17.4. The maximum Gasteiger partial charge on any atom is 0.143 e. The molecule has 1 aromatic heterocycles. The molecule has 1 aliphatic rings. The van der Waals surface area contributed by atoms with Crippen LogP contribution in [-0.4, -0.2) is 34.8 Å². The molecule has 1 N–H and O–H groups in total. The van der Waals surface area contributed by atoms with Gasteiger partial charge in [0, 0.05) is 25.0 Å². The van der Waals surface area contributed by atoms with Crippen LogP contribution in [0.4, 0.5) is 0 Å². The van der Waals surface area contributed by atoms with Crippen molar-refractivity contribution in [2.75, 3.05) is 20.3 Å². The van der Waals surface area contributed by atoms with Crippen molar-refractivity contribution < 1.29 is 4.74 Å². The highest BCUT2D eigenvalue weighted by molar-refractivity contribution is 5.60. The summed E-state index contributed by atoms with van der Waals surface area (Å²) < 4.78 is 7.59. The molecular weight excluding hydrogens is 336 g/mol. The number of benzene rings is 2. The number of aryl methyl sites for hydroxylation is 1. The molecule has 0 radical (unpaired) electrons. The van der Waals surface area contributed by atoms with Gasteiger partial charge in [0.25, 0.3) is 0 Å². The molecule has 0 saturated carbocycles. The quantitative estimate of drug-likeness (QED) is 0.755. The largest absolute Gasteiger partial charge is 0.495 e. The number of rotatable bonds is 5. The van der Waals surface area contributed by atoms with Crippen LogP contribution in [0.1, 0.15) is 16.8 Å². The summed E-state index contributed by atoms with van der Waals surface area (Å²) in [6.07, 6.45) is 6.00. The third kappa shape index (κ3) is 4.04. The highest BCUT2D eigenvalue weighted by atomic mass is 16.5. The van der Waals surface area contributed by atoms with Crippen molar-refractivity contribution in [2.24, 2.45) is 0 Å². The fourth-order valence-electron chi connectivity index (χ4n) is 3.37. The summed E-state index contributed by atoms with van der Waals surface area (Å²) in [6.45, 7) is 4.71. The maximum atomic E-state index is 5.61. The van der Waals surface area contributed by atoms with Crippen molar-refractivity contribution >= 4 is 6.08 Å². The van der Waals surface area contributed by atoms with Gasteiger partial charge in [0.2, 0.25) is 0 Å². The summed E-state index contributed by atoms with van der Waals surface area (Å²) in [7, 11) is 1.70. The average Bonchev–Trinajstić information content (AvgIpc) is 3.31. The lowest BCUT2D eigenvalue weighted by atomic mass is 10.1. The zero-order valence-corrected chi connectivity index (χ0v) is 15.7. The van der Waals surface area contributed by atoms with E-state index in [9.17, 15) is 0 Å². The molecule has 1 aliphatic heterocycles. The number of aromatic nitrogens is 2. The van der Waals surface area contributed by atoms with Crippen molar-refractivity contribution in [3.05, 3.63) is 83.6 Å². The Morgan fingerprint density at radius 2 is 2.04 bits per heavy atom. The van der Waals surface area contributed by atoms with Crippen LogP contribution in [0.25, 0.3) is 11.8 Å². The second kappa shape index (κ2) is 7.68.